The van der Waals surface area contributed by atoms with Crippen LogP contribution in [0.3, 0.4) is 0 Å². The lowest BCUT2D eigenvalue weighted by molar-refractivity contribution is 0.170. The van der Waals surface area contributed by atoms with E-state index in [-0.39, 0.29) is 6.04 Å². The molecule has 37 heavy (non-hydrogen) atoms. The van der Waals surface area contributed by atoms with Crippen LogP contribution in [0.15, 0.2) is 90.0 Å². The van der Waals surface area contributed by atoms with Gasteiger partial charge in [0.1, 0.15) is 12.4 Å². The van der Waals surface area contributed by atoms with Crippen molar-refractivity contribution in [2.24, 2.45) is 0 Å². The van der Waals surface area contributed by atoms with Crippen LogP contribution in [0.25, 0.3) is 44.2 Å². The van der Waals surface area contributed by atoms with Crippen LogP contribution in [-0.2, 0) is 6.54 Å². The number of aromatic nitrogens is 4. The van der Waals surface area contributed by atoms with E-state index in [0.29, 0.717) is 6.61 Å². The highest BCUT2D eigenvalue weighted by Gasteiger charge is 2.17. The van der Waals surface area contributed by atoms with E-state index >= 15 is 0 Å². The highest BCUT2D eigenvalue weighted by atomic mass is 16.5. The molecule has 1 N–H and O–H groups in total. The summed E-state index contributed by atoms with van der Waals surface area (Å²) >= 11 is 0. The van der Waals surface area contributed by atoms with Crippen molar-refractivity contribution in [3.8, 4) is 28.1 Å². The fourth-order valence-corrected chi connectivity index (χ4v) is 4.76. The van der Waals surface area contributed by atoms with Gasteiger partial charge in [0.05, 0.1) is 36.0 Å². The van der Waals surface area contributed by atoms with Gasteiger partial charge in [0.15, 0.2) is 0 Å². The van der Waals surface area contributed by atoms with Crippen molar-refractivity contribution in [2.75, 3.05) is 20.7 Å². The van der Waals surface area contributed by atoms with Crippen LogP contribution in [0.2, 0.25) is 0 Å². The molecular weight excluding hydrogens is 462 g/mol. The van der Waals surface area contributed by atoms with E-state index in [1.54, 1.807) is 18.7 Å². The van der Waals surface area contributed by atoms with Crippen LogP contribution in [0.4, 0.5) is 0 Å². The van der Waals surface area contributed by atoms with Gasteiger partial charge in [-0.3, -0.25) is 10.1 Å². The Balaban J connectivity index is 1.30. The Hall–Kier alpha value is -4.36. The van der Waals surface area contributed by atoms with Gasteiger partial charge in [-0.2, -0.15) is 5.10 Å². The summed E-state index contributed by atoms with van der Waals surface area (Å²) in [7, 11) is 4.18. The van der Waals surface area contributed by atoms with Crippen LogP contribution in [-0.4, -0.2) is 51.4 Å². The molecule has 0 saturated carbocycles. The van der Waals surface area contributed by atoms with Crippen molar-refractivity contribution < 1.29 is 9.15 Å². The van der Waals surface area contributed by atoms with Gasteiger partial charge in [0.25, 0.3) is 0 Å². The fourth-order valence-electron chi connectivity index (χ4n) is 4.76. The molecule has 0 saturated heterocycles. The summed E-state index contributed by atoms with van der Waals surface area (Å²) in [4.78, 5) is 7.01. The first-order valence-corrected chi connectivity index (χ1v) is 12.4. The summed E-state index contributed by atoms with van der Waals surface area (Å²) in [5.74, 6) is 0.732. The minimum atomic E-state index is 0.178. The zero-order valence-electron chi connectivity index (χ0n) is 21.2. The molecule has 0 aliphatic rings. The summed E-state index contributed by atoms with van der Waals surface area (Å²) in [6.45, 7) is 3.39. The van der Waals surface area contributed by atoms with Crippen LogP contribution in [0, 0.1) is 6.92 Å². The number of rotatable bonds is 8. The molecule has 186 valence electrons. The van der Waals surface area contributed by atoms with Gasteiger partial charge in [-0.15, -0.1) is 0 Å². The maximum absolute atomic E-state index is 6.36. The number of pyridine rings is 1. The van der Waals surface area contributed by atoms with Crippen LogP contribution >= 0.6 is 0 Å². The topological polar surface area (TPSA) is 72.1 Å². The highest BCUT2D eigenvalue weighted by molar-refractivity contribution is 5.90. The Bertz CT molecular complexity index is 1660. The zero-order valence-corrected chi connectivity index (χ0v) is 21.2. The molecule has 0 aliphatic heterocycles. The maximum atomic E-state index is 6.36. The third-order valence-electron chi connectivity index (χ3n) is 6.97. The molecule has 0 radical (unpaired) electrons. The van der Waals surface area contributed by atoms with Gasteiger partial charge in [-0.25, -0.2) is 0 Å². The van der Waals surface area contributed by atoms with Gasteiger partial charge in [-0.1, -0.05) is 24.3 Å². The quantitative estimate of drug-likeness (QED) is 0.276. The molecule has 0 aliphatic carbocycles. The van der Waals surface area contributed by atoms with Gasteiger partial charge >= 0.3 is 0 Å². The van der Waals surface area contributed by atoms with Crippen LogP contribution in [0.5, 0.6) is 5.75 Å². The van der Waals surface area contributed by atoms with Crippen molar-refractivity contribution in [3.05, 3.63) is 91.3 Å². The van der Waals surface area contributed by atoms with E-state index in [2.05, 4.69) is 88.5 Å². The Morgan fingerprint density at radius 3 is 2.78 bits per heavy atom. The second-order valence-corrected chi connectivity index (χ2v) is 9.62. The molecular formula is C30H29N5O2. The smallest absolute Gasteiger partial charge is 0.138 e. The van der Waals surface area contributed by atoms with Gasteiger partial charge in [-0.05, 0) is 68.4 Å². The molecule has 7 nitrogen and oxygen atoms in total. The number of H-pyrrole nitrogens is 1. The van der Waals surface area contributed by atoms with E-state index in [1.807, 2.05) is 19.1 Å². The summed E-state index contributed by atoms with van der Waals surface area (Å²) in [6.07, 6.45) is 7.33. The number of ether oxygens (including phenoxy) is 1. The number of nitrogens with zero attached hydrogens (tertiary/aromatic N) is 4. The Morgan fingerprint density at radius 1 is 1.05 bits per heavy atom. The molecule has 7 heteroatoms. The van der Waals surface area contributed by atoms with E-state index in [9.17, 15) is 0 Å². The first kappa shape index (κ1) is 23.1. The number of hydrogen-bond donors (Lipinski definition) is 1. The number of furan rings is 1. The van der Waals surface area contributed by atoms with Crippen molar-refractivity contribution in [3.63, 3.8) is 0 Å². The number of nitrogens with one attached hydrogen (secondary N) is 1. The van der Waals surface area contributed by atoms with Gasteiger partial charge < -0.3 is 18.6 Å². The summed E-state index contributed by atoms with van der Waals surface area (Å²) in [5, 5.41) is 9.78. The highest BCUT2D eigenvalue weighted by Crippen LogP contribution is 2.35. The largest absolute Gasteiger partial charge is 0.490 e. The SMILES string of the molecule is Cc1[nH]nc2ccc(-c3cc(OC[C@H](Cn4ccc5ccccc54)N(C)C)cnc3-c3ccoc3)cc12. The summed E-state index contributed by atoms with van der Waals surface area (Å²) in [6, 6.07) is 21.1. The lowest BCUT2D eigenvalue weighted by Gasteiger charge is -2.25. The first-order chi connectivity index (χ1) is 18.1. The van der Waals surface area contributed by atoms with Gasteiger partial charge in [0, 0.05) is 40.5 Å². The number of likely N-dealkylation sites (N-methyl/N-ethyl adjacent to an activating group) is 1. The van der Waals surface area contributed by atoms with E-state index in [4.69, 9.17) is 14.1 Å². The summed E-state index contributed by atoms with van der Waals surface area (Å²) in [5.41, 5.74) is 7.02. The first-order valence-electron chi connectivity index (χ1n) is 12.4. The molecule has 0 unspecified atom stereocenters. The molecule has 4 aromatic heterocycles. The van der Waals surface area contributed by atoms with Crippen molar-refractivity contribution in [1.82, 2.24) is 24.6 Å². The Morgan fingerprint density at radius 2 is 1.95 bits per heavy atom. The zero-order chi connectivity index (χ0) is 25.4. The van der Waals surface area contributed by atoms with Crippen molar-refractivity contribution in [1.29, 1.82) is 0 Å². The molecule has 0 bridgehead atoms. The number of para-hydroxylation sites is 1. The predicted octanol–water partition coefficient (Wildman–Crippen LogP) is 6.16. The second-order valence-electron chi connectivity index (χ2n) is 9.62. The van der Waals surface area contributed by atoms with Crippen LogP contribution in [0.1, 0.15) is 5.69 Å². The molecule has 0 amide bonds. The second kappa shape index (κ2) is 9.59. The third kappa shape index (κ3) is 4.49. The number of benzene rings is 2. The van der Waals surface area contributed by atoms with Crippen molar-refractivity contribution >= 4 is 21.8 Å². The number of hydrogen-bond acceptors (Lipinski definition) is 5. The molecule has 2 aromatic carbocycles. The number of fused-ring (bicyclic) bond motifs is 2. The third-order valence-corrected chi connectivity index (χ3v) is 6.97. The van der Waals surface area contributed by atoms with Crippen LogP contribution < -0.4 is 4.74 Å². The Kier molecular flexibility index (Phi) is 5.98. The molecule has 6 aromatic rings. The minimum Gasteiger partial charge on any atom is -0.490 e. The number of aromatic amines is 1. The average Bonchev–Trinajstić information content (AvgIpc) is 3.67. The predicted molar refractivity (Wildman–Crippen MR) is 147 cm³/mol. The molecule has 6 rings (SSSR count). The fraction of sp³-hybridized carbons (Fsp3) is 0.200. The molecule has 0 spiro atoms. The Labute approximate surface area is 215 Å². The lowest BCUT2D eigenvalue weighted by Crippen LogP contribution is -2.37. The van der Waals surface area contributed by atoms with E-state index in [1.165, 1.54) is 10.9 Å². The lowest BCUT2D eigenvalue weighted by atomic mass is 9.99. The number of aryl methyl sites for hydroxylation is 1. The van der Waals surface area contributed by atoms with E-state index in [0.717, 1.165) is 51.3 Å². The average molecular weight is 492 g/mol. The maximum Gasteiger partial charge on any atom is 0.138 e. The molecule has 1 atom stereocenters. The monoisotopic (exact) mass is 491 g/mol. The standard InChI is InChI=1S/C30H29N5O2/c1-20-26-14-22(8-9-28(26)33-32-20)27-15-25(16-31-30(27)23-11-13-36-18-23)37-19-24(34(2)3)17-35-12-10-21-6-4-5-7-29(21)35/h4-16,18,24H,17,19H2,1-3H3,(H,32,33)/t24-/m0/s1. The van der Waals surface area contributed by atoms with E-state index < -0.39 is 0 Å². The minimum absolute atomic E-state index is 0.178. The van der Waals surface area contributed by atoms with Gasteiger partial charge in [0.2, 0.25) is 0 Å². The summed E-state index contributed by atoms with van der Waals surface area (Å²) < 4.78 is 14.0. The molecule has 4 heterocycles. The molecule has 0 fully saturated rings. The van der Waals surface area contributed by atoms with Crippen molar-refractivity contribution in [2.45, 2.75) is 19.5 Å². The normalized spacial score (nSPS) is 12.5.